The number of carbonyl (C=O) groups excluding carboxylic acids is 2. The van der Waals surface area contributed by atoms with Gasteiger partial charge in [-0.05, 0) is 12.5 Å². The molecular weight excluding hydrogens is 202 g/mol. The molecule has 0 fully saturated rings. The van der Waals surface area contributed by atoms with Crippen LogP contribution in [0.1, 0.15) is 22.2 Å². The third-order valence-electron chi connectivity index (χ3n) is 1.66. The van der Waals surface area contributed by atoms with Crippen LogP contribution in [-0.2, 0) is 16.0 Å². The lowest BCUT2D eigenvalue weighted by Crippen LogP contribution is -1.99. The smallest absolute Gasteiger partial charge is 0.340 e. The quantitative estimate of drug-likeness (QED) is 0.437. The van der Waals surface area contributed by atoms with Gasteiger partial charge in [0.05, 0.1) is 12.7 Å². The van der Waals surface area contributed by atoms with Gasteiger partial charge in [0, 0.05) is 4.88 Å². The summed E-state index contributed by atoms with van der Waals surface area (Å²) in [6.45, 7) is 1.96. The predicted molar refractivity (Wildman–Crippen MR) is 52.8 cm³/mol. The lowest BCUT2D eigenvalue weighted by atomic mass is 10.2. The third-order valence-corrected chi connectivity index (χ3v) is 2.84. The van der Waals surface area contributed by atoms with Gasteiger partial charge in [0.1, 0.15) is 5.00 Å². The summed E-state index contributed by atoms with van der Waals surface area (Å²) in [5.74, 6) is -0.477. The zero-order valence-electron chi connectivity index (χ0n) is 7.86. The first-order chi connectivity index (χ1) is 6.72. The van der Waals surface area contributed by atoms with Crippen molar-refractivity contribution in [3.8, 4) is 0 Å². The second-order valence-corrected chi connectivity index (χ2v) is 3.59. The summed E-state index contributed by atoms with van der Waals surface area (Å²) in [7, 11) is 1.29. The minimum atomic E-state index is -0.477. The molecule has 0 saturated carbocycles. The normalized spacial score (nSPS) is 9.29. The van der Waals surface area contributed by atoms with Crippen molar-refractivity contribution in [3.63, 3.8) is 0 Å². The van der Waals surface area contributed by atoms with Gasteiger partial charge in [-0.3, -0.25) is 0 Å². The van der Waals surface area contributed by atoms with Gasteiger partial charge in [-0.25, -0.2) is 9.59 Å². The fraction of sp³-hybridized carbons (Fsp3) is 0.333. The molecule has 0 spiro atoms. The highest BCUT2D eigenvalue weighted by Gasteiger charge is 2.15. The molecule has 0 bridgehead atoms. The van der Waals surface area contributed by atoms with Crippen molar-refractivity contribution < 1.29 is 14.3 Å². The maximum Gasteiger partial charge on any atom is 0.340 e. The van der Waals surface area contributed by atoms with E-state index in [1.807, 2.05) is 6.92 Å². The van der Waals surface area contributed by atoms with Crippen LogP contribution in [0, 0.1) is 0 Å². The molecule has 0 aromatic carbocycles. The number of hydrogen-bond donors (Lipinski definition) is 0. The van der Waals surface area contributed by atoms with Crippen LogP contribution in [0.2, 0.25) is 0 Å². The Morgan fingerprint density at radius 2 is 2.43 bits per heavy atom. The number of aryl methyl sites for hydroxylation is 1. The largest absolute Gasteiger partial charge is 0.465 e. The van der Waals surface area contributed by atoms with E-state index < -0.39 is 5.97 Å². The number of esters is 1. The number of methoxy groups -OCH3 is 1. The monoisotopic (exact) mass is 211 g/mol. The SMILES string of the molecule is CCc1cc(C(=O)OC)c(N=C=O)s1. The van der Waals surface area contributed by atoms with Crippen LogP contribution in [0.5, 0.6) is 0 Å². The first kappa shape index (κ1) is 10.6. The Hall–Kier alpha value is -1.45. The molecule has 0 amide bonds. The van der Waals surface area contributed by atoms with Crippen LogP contribution in [0.25, 0.3) is 0 Å². The van der Waals surface area contributed by atoms with E-state index in [0.29, 0.717) is 10.6 Å². The van der Waals surface area contributed by atoms with Crippen molar-refractivity contribution in [1.29, 1.82) is 0 Å². The number of thiophene rings is 1. The summed E-state index contributed by atoms with van der Waals surface area (Å²) in [6, 6.07) is 1.69. The van der Waals surface area contributed by atoms with E-state index in [4.69, 9.17) is 0 Å². The van der Waals surface area contributed by atoms with Gasteiger partial charge < -0.3 is 4.74 Å². The van der Waals surface area contributed by atoms with E-state index >= 15 is 0 Å². The van der Waals surface area contributed by atoms with Gasteiger partial charge >= 0.3 is 5.97 Å². The van der Waals surface area contributed by atoms with Crippen molar-refractivity contribution >= 4 is 28.4 Å². The van der Waals surface area contributed by atoms with Crippen molar-refractivity contribution in [1.82, 2.24) is 0 Å². The maximum atomic E-state index is 11.2. The molecule has 0 atom stereocenters. The molecule has 0 aliphatic carbocycles. The highest BCUT2D eigenvalue weighted by molar-refractivity contribution is 7.16. The Bertz CT molecular complexity index is 391. The van der Waals surface area contributed by atoms with E-state index in [1.54, 1.807) is 6.07 Å². The molecule has 0 aliphatic rings. The van der Waals surface area contributed by atoms with Crippen LogP contribution in [0.3, 0.4) is 0 Å². The zero-order chi connectivity index (χ0) is 10.6. The minimum Gasteiger partial charge on any atom is -0.465 e. The number of nitrogens with zero attached hydrogens (tertiary/aromatic N) is 1. The molecule has 0 saturated heterocycles. The Labute approximate surface area is 85.2 Å². The molecular formula is C9H9NO3S. The van der Waals surface area contributed by atoms with Crippen LogP contribution < -0.4 is 0 Å². The summed E-state index contributed by atoms with van der Waals surface area (Å²) in [5, 5.41) is 0.365. The number of aliphatic imine (C=N–C) groups is 1. The van der Waals surface area contributed by atoms with Gasteiger partial charge in [-0.1, -0.05) is 6.92 Å². The second-order valence-electron chi connectivity index (χ2n) is 2.48. The number of carbonyl (C=O) groups is 1. The Morgan fingerprint density at radius 3 is 2.93 bits per heavy atom. The van der Waals surface area contributed by atoms with E-state index in [1.165, 1.54) is 24.5 Å². The van der Waals surface area contributed by atoms with Gasteiger partial charge in [0.15, 0.2) is 0 Å². The fourth-order valence-electron chi connectivity index (χ4n) is 0.986. The molecule has 0 unspecified atom stereocenters. The Morgan fingerprint density at radius 1 is 1.71 bits per heavy atom. The molecule has 1 heterocycles. The average molecular weight is 211 g/mol. The second kappa shape index (κ2) is 4.69. The topological polar surface area (TPSA) is 55.7 Å². The lowest BCUT2D eigenvalue weighted by Gasteiger charge is -1.94. The van der Waals surface area contributed by atoms with E-state index in [2.05, 4.69) is 9.73 Å². The Kier molecular flexibility index (Phi) is 3.56. The zero-order valence-corrected chi connectivity index (χ0v) is 8.68. The highest BCUT2D eigenvalue weighted by atomic mass is 32.1. The van der Waals surface area contributed by atoms with E-state index in [-0.39, 0.29) is 0 Å². The first-order valence-electron chi connectivity index (χ1n) is 4.01. The molecule has 74 valence electrons. The summed E-state index contributed by atoms with van der Waals surface area (Å²) >= 11 is 1.30. The summed E-state index contributed by atoms with van der Waals surface area (Å²) in [6.07, 6.45) is 2.21. The number of rotatable bonds is 3. The molecule has 5 heteroatoms. The number of ether oxygens (including phenoxy) is 1. The fourth-order valence-corrected chi connectivity index (χ4v) is 1.89. The van der Waals surface area contributed by atoms with Gasteiger partial charge in [-0.15, -0.1) is 11.3 Å². The number of hydrogen-bond acceptors (Lipinski definition) is 5. The van der Waals surface area contributed by atoms with Crippen LogP contribution in [0.15, 0.2) is 11.1 Å². The third kappa shape index (κ3) is 2.07. The lowest BCUT2D eigenvalue weighted by molar-refractivity contribution is 0.0602. The molecule has 0 N–H and O–H groups in total. The predicted octanol–water partition coefficient (Wildman–Crippen LogP) is 2.06. The van der Waals surface area contributed by atoms with Crippen molar-refractivity contribution in [2.45, 2.75) is 13.3 Å². The highest BCUT2D eigenvalue weighted by Crippen LogP contribution is 2.31. The van der Waals surface area contributed by atoms with Crippen LogP contribution in [0.4, 0.5) is 5.00 Å². The van der Waals surface area contributed by atoms with E-state index in [9.17, 15) is 9.59 Å². The standard InChI is InChI=1S/C9H9NO3S/c1-3-6-4-7(9(12)13-2)8(14-6)10-5-11/h4H,3H2,1-2H3. The van der Waals surface area contributed by atoms with Crippen LogP contribution >= 0.6 is 11.3 Å². The maximum absolute atomic E-state index is 11.2. The van der Waals surface area contributed by atoms with Gasteiger partial charge in [-0.2, -0.15) is 4.99 Å². The molecule has 4 nitrogen and oxygen atoms in total. The average Bonchev–Trinajstić information content (AvgIpc) is 2.61. The van der Waals surface area contributed by atoms with E-state index in [0.717, 1.165) is 11.3 Å². The van der Waals surface area contributed by atoms with Crippen LogP contribution in [-0.4, -0.2) is 19.2 Å². The van der Waals surface area contributed by atoms with Crippen molar-refractivity contribution in [3.05, 3.63) is 16.5 Å². The number of isocyanates is 1. The molecule has 1 aromatic heterocycles. The Balaban J connectivity index is 3.18. The van der Waals surface area contributed by atoms with Crippen molar-refractivity contribution in [2.24, 2.45) is 4.99 Å². The first-order valence-corrected chi connectivity index (χ1v) is 4.83. The minimum absolute atomic E-state index is 0.331. The molecule has 0 radical (unpaired) electrons. The molecule has 1 aromatic rings. The molecule has 0 aliphatic heterocycles. The summed E-state index contributed by atoms with van der Waals surface area (Å²) in [5.41, 5.74) is 0.331. The molecule has 14 heavy (non-hydrogen) atoms. The summed E-state index contributed by atoms with van der Waals surface area (Å²) < 4.78 is 4.56. The molecule has 1 rings (SSSR count). The van der Waals surface area contributed by atoms with Gasteiger partial charge in [0.2, 0.25) is 6.08 Å². The van der Waals surface area contributed by atoms with Gasteiger partial charge in [0.25, 0.3) is 0 Å². The summed E-state index contributed by atoms with van der Waals surface area (Å²) in [4.78, 5) is 25.8. The van der Waals surface area contributed by atoms with Crippen molar-refractivity contribution in [2.75, 3.05) is 7.11 Å².